The topological polar surface area (TPSA) is 49.6 Å². The third-order valence-electron chi connectivity index (χ3n) is 3.17. The van der Waals surface area contributed by atoms with Gasteiger partial charge >= 0.3 is 0 Å². The van der Waals surface area contributed by atoms with E-state index in [9.17, 15) is 4.79 Å². The molecular weight excluding hydrogens is 250 g/mol. The second-order valence-electron chi connectivity index (χ2n) is 4.53. The SMILES string of the molecule is CC(=O)N1CCN(Cc2cccc(N)c2)CC1.Cl. The molecule has 0 radical (unpaired) electrons. The molecule has 0 aliphatic carbocycles. The van der Waals surface area contributed by atoms with Gasteiger partial charge in [-0.15, -0.1) is 12.4 Å². The fourth-order valence-corrected chi connectivity index (χ4v) is 2.17. The number of nitrogens with two attached hydrogens (primary N) is 1. The van der Waals surface area contributed by atoms with Crippen LogP contribution in [-0.2, 0) is 11.3 Å². The lowest BCUT2D eigenvalue weighted by molar-refractivity contribution is -0.130. The highest BCUT2D eigenvalue weighted by molar-refractivity contribution is 5.85. The molecule has 0 bridgehead atoms. The molecule has 1 fully saturated rings. The Labute approximate surface area is 114 Å². The summed E-state index contributed by atoms with van der Waals surface area (Å²) < 4.78 is 0. The van der Waals surface area contributed by atoms with Gasteiger partial charge in [0.25, 0.3) is 0 Å². The highest BCUT2D eigenvalue weighted by atomic mass is 35.5. The Hall–Kier alpha value is -1.26. The van der Waals surface area contributed by atoms with Crippen LogP contribution in [0.25, 0.3) is 0 Å². The molecule has 1 aliphatic heterocycles. The molecule has 0 atom stereocenters. The molecule has 0 unspecified atom stereocenters. The third kappa shape index (κ3) is 3.89. The van der Waals surface area contributed by atoms with Gasteiger partial charge in [-0.2, -0.15) is 0 Å². The molecule has 1 heterocycles. The van der Waals surface area contributed by atoms with Crippen molar-refractivity contribution < 1.29 is 4.79 Å². The van der Waals surface area contributed by atoms with Crippen molar-refractivity contribution in [3.8, 4) is 0 Å². The van der Waals surface area contributed by atoms with Gasteiger partial charge in [-0.3, -0.25) is 9.69 Å². The first kappa shape index (κ1) is 14.8. The van der Waals surface area contributed by atoms with Crippen LogP contribution in [0.2, 0.25) is 0 Å². The van der Waals surface area contributed by atoms with E-state index >= 15 is 0 Å². The first-order valence-corrected chi connectivity index (χ1v) is 5.97. The van der Waals surface area contributed by atoms with Gasteiger partial charge in [-0.1, -0.05) is 12.1 Å². The maximum absolute atomic E-state index is 11.2. The van der Waals surface area contributed by atoms with Crippen LogP contribution in [0.15, 0.2) is 24.3 Å². The zero-order chi connectivity index (χ0) is 12.3. The monoisotopic (exact) mass is 269 g/mol. The van der Waals surface area contributed by atoms with Gasteiger partial charge in [0, 0.05) is 45.3 Å². The van der Waals surface area contributed by atoms with E-state index in [1.165, 1.54) is 5.56 Å². The van der Waals surface area contributed by atoms with Gasteiger partial charge in [-0.25, -0.2) is 0 Å². The van der Waals surface area contributed by atoms with Gasteiger partial charge in [0.2, 0.25) is 5.91 Å². The maximum Gasteiger partial charge on any atom is 0.219 e. The van der Waals surface area contributed by atoms with Gasteiger partial charge in [0.15, 0.2) is 0 Å². The molecule has 0 spiro atoms. The average Bonchev–Trinajstić information content (AvgIpc) is 2.29. The van der Waals surface area contributed by atoms with Crippen LogP contribution >= 0.6 is 12.4 Å². The number of hydrogen-bond donors (Lipinski definition) is 1. The Morgan fingerprint density at radius 2 is 1.94 bits per heavy atom. The molecule has 4 nitrogen and oxygen atoms in total. The fourth-order valence-electron chi connectivity index (χ4n) is 2.17. The Morgan fingerprint density at radius 3 is 2.50 bits per heavy atom. The fraction of sp³-hybridized carbons (Fsp3) is 0.462. The van der Waals surface area contributed by atoms with Crippen LogP contribution in [0.1, 0.15) is 12.5 Å². The van der Waals surface area contributed by atoms with E-state index in [1.54, 1.807) is 6.92 Å². The minimum absolute atomic E-state index is 0. The van der Waals surface area contributed by atoms with E-state index in [0.29, 0.717) is 0 Å². The molecule has 1 saturated heterocycles. The summed E-state index contributed by atoms with van der Waals surface area (Å²) in [6.45, 7) is 6.09. The molecule has 18 heavy (non-hydrogen) atoms. The van der Waals surface area contributed by atoms with Crippen molar-refractivity contribution in [2.45, 2.75) is 13.5 Å². The van der Waals surface area contributed by atoms with E-state index in [2.05, 4.69) is 11.0 Å². The molecule has 2 N–H and O–H groups in total. The summed E-state index contributed by atoms with van der Waals surface area (Å²) in [5, 5.41) is 0. The molecule has 100 valence electrons. The average molecular weight is 270 g/mol. The number of nitrogens with zero attached hydrogens (tertiary/aromatic N) is 2. The van der Waals surface area contributed by atoms with E-state index in [0.717, 1.165) is 38.4 Å². The number of nitrogen functional groups attached to an aromatic ring is 1. The number of carbonyl (C=O) groups excluding carboxylic acids is 1. The highest BCUT2D eigenvalue weighted by Gasteiger charge is 2.18. The van der Waals surface area contributed by atoms with Crippen molar-refractivity contribution in [3.05, 3.63) is 29.8 Å². The standard InChI is InChI=1S/C13H19N3O.ClH/c1-11(17)16-7-5-15(6-8-16)10-12-3-2-4-13(14)9-12;/h2-4,9H,5-8,10,14H2,1H3;1H. The van der Waals surface area contributed by atoms with E-state index in [4.69, 9.17) is 5.73 Å². The second kappa shape index (κ2) is 6.61. The Balaban J connectivity index is 0.00000162. The predicted octanol–water partition coefficient (Wildman–Crippen LogP) is 1.35. The number of amides is 1. The van der Waals surface area contributed by atoms with Gasteiger partial charge in [-0.05, 0) is 17.7 Å². The lowest BCUT2D eigenvalue weighted by Crippen LogP contribution is -2.47. The zero-order valence-corrected chi connectivity index (χ0v) is 11.4. The van der Waals surface area contributed by atoms with Gasteiger partial charge in [0.05, 0.1) is 0 Å². The number of halogens is 1. The lowest BCUT2D eigenvalue weighted by Gasteiger charge is -2.34. The van der Waals surface area contributed by atoms with Crippen LogP contribution in [0.5, 0.6) is 0 Å². The van der Waals surface area contributed by atoms with Crippen molar-refractivity contribution in [1.29, 1.82) is 0 Å². The smallest absolute Gasteiger partial charge is 0.219 e. The summed E-state index contributed by atoms with van der Waals surface area (Å²) in [5.74, 6) is 0.175. The first-order valence-electron chi connectivity index (χ1n) is 5.97. The van der Waals surface area contributed by atoms with Crippen LogP contribution in [0.4, 0.5) is 5.69 Å². The van der Waals surface area contributed by atoms with Gasteiger partial charge < -0.3 is 10.6 Å². The molecule has 2 rings (SSSR count). The maximum atomic E-state index is 11.2. The summed E-state index contributed by atoms with van der Waals surface area (Å²) in [4.78, 5) is 15.5. The molecular formula is C13H20ClN3O. The Morgan fingerprint density at radius 1 is 1.28 bits per heavy atom. The second-order valence-corrected chi connectivity index (χ2v) is 4.53. The summed E-state index contributed by atoms with van der Waals surface area (Å²) in [6.07, 6.45) is 0. The van der Waals surface area contributed by atoms with E-state index in [1.807, 2.05) is 23.1 Å². The molecule has 5 heteroatoms. The number of piperazine rings is 1. The van der Waals surface area contributed by atoms with Crippen molar-refractivity contribution in [2.24, 2.45) is 0 Å². The zero-order valence-electron chi connectivity index (χ0n) is 10.6. The number of carbonyl (C=O) groups is 1. The molecule has 1 aromatic carbocycles. The van der Waals surface area contributed by atoms with Crippen LogP contribution in [-0.4, -0.2) is 41.9 Å². The lowest BCUT2D eigenvalue weighted by atomic mass is 10.2. The summed E-state index contributed by atoms with van der Waals surface area (Å²) in [7, 11) is 0. The quantitative estimate of drug-likeness (QED) is 0.825. The van der Waals surface area contributed by atoms with Crippen molar-refractivity contribution in [3.63, 3.8) is 0 Å². The molecule has 0 saturated carbocycles. The van der Waals surface area contributed by atoms with Crippen molar-refractivity contribution >= 4 is 24.0 Å². The van der Waals surface area contributed by atoms with Crippen molar-refractivity contribution in [1.82, 2.24) is 9.80 Å². The van der Waals surface area contributed by atoms with Gasteiger partial charge in [0.1, 0.15) is 0 Å². The van der Waals surface area contributed by atoms with Crippen LogP contribution in [0, 0.1) is 0 Å². The summed E-state index contributed by atoms with van der Waals surface area (Å²) in [6, 6.07) is 7.98. The van der Waals surface area contributed by atoms with Crippen LogP contribution < -0.4 is 5.73 Å². The largest absolute Gasteiger partial charge is 0.399 e. The van der Waals surface area contributed by atoms with E-state index in [-0.39, 0.29) is 18.3 Å². The summed E-state index contributed by atoms with van der Waals surface area (Å²) >= 11 is 0. The summed E-state index contributed by atoms with van der Waals surface area (Å²) in [5.41, 5.74) is 7.80. The first-order chi connectivity index (χ1) is 8.15. The van der Waals surface area contributed by atoms with Crippen molar-refractivity contribution in [2.75, 3.05) is 31.9 Å². The Kier molecular flexibility index (Phi) is 5.44. The minimum Gasteiger partial charge on any atom is -0.399 e. The number of benzene rings is 1. The van der Waals surface area contributed by atoms with Crippen LogP contribution in [0.3, 0.4) is 0 Å². The molecule has 1 amide bonds. The normalized spacial score (nSPS) is 16.2. The predicted molar refractivity (Wildman–Crippen MR) is 75.6 cm³/mol. The van der Waals surface area contributed by atoms with E-state index < -0.39 is 0 Å². The highest BCUT2D eigenvalue weighted by Crippen LogP contribution is 2.11. The molecule has 0 aromatic heterocycles. The number of hydrogen-bond acceptors (Lipinski definition) is 3. The Bertz CT molecular complexity index is 403. The third-order valence-corrected chi connectivity index (χ3v) is 3.17. The minimum atomic E-state index is 0. The molecule has 1 aromatic rings. The molecule has 1 aliphatic rings. The number of anilines is 1. The number of rotatable bonds is 2.